The molecule has 1 atom stereocenters. The SMILES string of the molecule is CCC[C@](NC(=O)OCc1ccccc1)(NC(=O)OC(C)(C)C)C(=O)O. The third kappa shape index (κ3) is 7.00. The van der Waals surface area contributed by atoms with Crippen molar-refractivity contribution < 1.29 is 29.0 Å². The summed E-state index contributed by atoms with van der Waals surface area (Å²) in [7, 11) is 0. The second-order valence-electron chi connectivity index (χ2n) is 6.77. The number of carbonyl (C=O) groups excluding carboxylic acids is 2. The maximum atomic E-state index is 12.1. The molecule has 0 aliphatic carbocycles. The molecule has 8 nitrogen and oxygen atoms in total. The van der Waals surface area contributed by atoms with Crippen LogP contribution in [0.1, 0.15) is 46.1 Å². The highest BCUT2D eigenvalue weighted by Gasteiger charge is 2.42. The van der Waals surface area contributed by atoms with Crippen molar-refractivity contribution in [1.29, 1.82) is 0 Å². The van der Waals surface area contributed by atoms with Crippen LogP contribution in [-0.2, 0) is 20.9 Å². The Hall–Kier alpha value is -2.77. The predicted molar refractivity (Wildman–Crippen MR) is 94.4 cm³/mol. The van der Waals surface area contributed by atoms with Crippen LogP contribution in [0.2, 0.25) is 0 Å². The summed E-state index contributed by atoms with van der Waals surface area (Å²) in [6.45, 7) is 6.65. The third-order valence-corrected chi connectivity index (χ3v) is 3.23. The van der Waals surface area contributed by atoms with Crippen LogP contribution in [0.5, 0.6) is 0 Å². The minimum absolute atomic E-state index is 0.0269. The van der Waals surface area contributed by atoms with Gasteiger partial charge in [0.2, 0.25) is 5.66 Å². The first-order valence-corrected chi connectivity index (χ1v) is 8.31. The van der Waals surface area contributed by atoms with Crippen molar-refractivity contribution in [1.82, 2.24) is 10.6 Å². The number of benzene rings is 1. The summed E-state index contributed by atoms with van der Waals surface area (Å²) in [6, 6.07) is 8.94. The van der Waals surface area contributed by atoms with Crippen molar-refractivity contribution >= 4 is 18.2 Å². The minimum Gasteiger partial charge on any atom is -0.478 e. The summed E-state index contributed by atoms with van der Waals surface area (Å²) < 4.78 is 10.2. The maximum Gasteiger partial charge on any atom is 0.409 e. The van der Waals surface area contributed by atoms with E-state index >= 15 is 0 Å². The number of ether oxygens (including phenoxy) is 2. The molecule has 0 spiro atoms. The standard InChI is InChI=1S/C18H26N2O6/c1-5-11-18(14(21)22,20-16(24)26-17(2,3)4)19-15(23)25-12-13-9-7-6-8-10-13/h6-10H,5,11-12H2,1-4H3,(H,19,23)(H,20,24)(H,21,22)/t18-/m0/s1. The molecule has 1 aromatic carbocycles. The number of hydrogen-bond donors (Lipinski definition) is 3. The van der Waals surface area contributed by atoms with Crippen molar-refractivity contribution in [3.05, 3.63) is 35.9 Å². The molecule has 3 N–H and O–H groups in total. The summed E-state index contributed by atoms with van der Waals surface area (Å²) in [5.41, 5.74) is -2.08. The Labute approximate surface area is 152 Å². The number of aliphatic carboxylic acids is 1. The van der Waals surface area contributed by atoms with E-state index in [2.05, 4.69) is 10.6 Å². The Morgan fingerprint density at radius 3 is 2.12 bits per heavy atom. The molecule has 0 saturated heterocycles. The zero-order chi connectivity index (χ0) is 19.8. The van der Waals surface area contributed by atoms with Gasteiger partial charge in [0, 0.05) is 6.42 Å². The first-order valence-electron chi connectivity index (χ1n) is 8.31. The van der Waals surface area contributed by atoms with E-state index in [9.17, 15) is 19.5 Å². The predicted octanol–water partition coefficient (Wildman–Crippen LogP) is 3.02. The highest BCUT2D eigenvalue weighted by molar-refractivity contribution is 5.88. The van der Waals surface area contributed by atoms with Crippen molar-refractivity contribution in [3.8, 4) is 0 Å². The van der Waals surface area contributed by atoms with Crippen molar-refractivity contribution in [2.24, 2.45) is 0 Å². The van der Waals surface area contributed by atoms with E-state index in [1.165, 1.54) is 0 Å². The van der Waals surface area contributed by atoms with E-state index in [1.807, 2.05) is 6.07 Å². The van der Waals surface area contributed by atoms with E-state index in [0.717, 1.165) is 5.56 Å². The van der Waals surface area contributed by atoms with Gasteiger partial charge < -0.3 is 14.6 Å². The van der Waals surface area contributed by atoms with Crippen molar-refractivity contribution in [2.75, 3.05) is 0 Å². The number of rotatable bonds is 7. The van der Waals surface area contributed by atoms with Crippen LogP contribution in [0.4, 0.5) is 9.59 Å². The molecule has 1 rings (SSSR count). The summed E-state index contributed by atoms with van der Waals surface area (Å²) in [6.07, 6.45) is -1.55. The highest BCUT2D eigenvalue weighted by atomic mass is 16.6. The molecular weight excluding hydrogens is 340 g/mol. The molecule has 2 amide bonds. The number of amides is 2. The van der Waals surface area contributed by atoms with Gasteiger partial charge in [-0.15, -0.1) is 0 Å². The normalized spacial score (nSPS) is 13.2. The molecule has 0 unspecified atom stereocenters. The molecule has 0 bridgehead atoms. The Balaban J connectivity index is 2.82. The topological polar surface area (TPSA) is 114 Å². The van der Waals surface area contributed by atoms with Crippen LogP contribution in [-0.4, -0.2) is 34.5 Å². The van der Waals surface area contributed by atoms with Gasteiger partial charge in [-0.2, -0.15) is 0 Å². The van der Waals surface area contributed by atoms with E-state index in [4.69, 9.17) is 9.47 Å². The lowest BCUT2D eigenvalue weighted by atomic mass is 10.0. The molecular formula is C18H26N2O6. The van der Waals surface area contributed by atoms with Gasteiger partial charge in [-0.25, -0.2) is 14.4 Å². The molecule has 0 radical (unpaired) electrons. The molecule has 0 heterocycles. The van der Waals surface area contributed by atoms with Gasteiger partial charge in [0.25, 0.3) is 0 Å². The Bertz CT molecular complexity index is 626. The molecule has 0 aliphatic heterocycles. The van der Waals surface area contributed by atoms with Crippen LogP contribution in [0.3, 0.4) is 0 Å². The van der Waals surface area contributed by atoms with Gasteiger partial charge >= 0.3 is 18.2 Å². The number of carboxylic acids is 1. The molecule has 0 aliphatic rings. The van der Waals surface area contributed by atoms with Crippen LogP contribution >= 0.6 is 0 Å². The number of nitrogens with one attached hydrogen (secondary N) is 2. The molecule has 8 heteroatoms. The number of alkyl carbamates (subject to hydrolysis) is 2. The van der Waals surface area contributed by atoms with E-state index in [0.29, 0.717) is 6.42 Å². The lowest BCUT2D eigenvalue weighted by Gasteiger charge is -2.31. The van der Waals surface area contributed by atoms with Gasteiger partial charge in [0.15, 0.2) is 0 Å². The average Bonchev–Trinajstić information content (AvgIpc) is 2.52. The number of carboxylic acid groups (broad SMARTS) is 1. The Morgan fingerprint density at radius 2 is 1.62 bits per heavy atom. The fraction of sp³-hybridized carbons (Fsp3) is 0.500. The van der Waals surface area contributed by atoms with Crippen LogP contribution in [0, 0.1) is 0 Å². The zero-order valence-corrected chi connectivity index (χ0v) is 15.5. The molecule has 1 aromatic rings. The summed E-state index contributed by atoms with van der Waals surface area (Å²) in [5, 5.41) is 14.1. The zero-order valence-electron chi connectivity index (χ0n) is 15.5. The van der Waals surface area contributed by atoms with Gasteiger partial charge in [-0.3, -0.25) is 10.6 Å². The van der Waals surface area contributed by atoms with Gasteiger partial charge in [-0.1, -0.05) is 43.7 Å². The van der Waals surface area contributed by atoms with Gasteiger partial charge in [0.1, 0.15) is 12.2 Å². The fourth-order valence-electron chi connectivity index (χ4n) is 2.16. The third-order valence-electron chi connectivity index (χ3n) is 3.23. The first-order chi connectivity index (χ1) is 12.1. The van der Waals surface area contributed by atoms with Crippen molar-refractivity contribution in [2.45, 2.75) is 58.4 Å². The molecule has 26 heavy (non-hydrogen) atoms. The van der Waals surface area contributed by atoms with Gasteiger partial charge in [-0.05, 0) is 26.3 Å². The smallest absolute Gasteiger partial charge is 0.409 e. The Morgan fingerprint density at radius 1 is 1.04 bits per heavy atom. The second-order valence-corrected chi connectivity index (χ2v) is 6.77. The molecule has 0 fully saturated rings. The number of carbonyl (C=O) groups is 3. The Kier molecular flexibility index (Phi) is 7.42. The molecule has 144 valence electrons. The summed E-state index contributed by atoms with van der Waals surface area (Å²) >= 11 is 0. The molecule has 0 saturated carbocycles. The van der Waals surface area contributed by atoms with E-state index in [1.54, 1.807) is 52.0 Å². The highest BCUT2D eigenvalue weighted by Crippen LogP contribution is 2.14. The largest absolute Gasteiger partial charge is 0.478 e. The van der Waals surface area contributed by atoms with Crippen LogP contribution in [0.25, 0.3) is 0 Å². The summed E-state index contributed by atoms with van der Waals surface area (Å²) in [5.74, 6) is -1.41. The van der Waals surface area contributed by atoms with E-state index in [-0.39, 0.29) is 13.0 Å². The second kappa shape index (κ2) is 9.07. The lowest BCUT2D eigenvalue weighted by Crippen LogP contribution is -2.66. The average molecular weight is 366 g/mol. The van der Waals surface area contributed by atoms with Crippen LogP contribution < -0.4 is 10.6 Å². The first kappa shape index (κ1) is 21.3. The molecule has 0 aromatic heterocycles. The monoisotopic (exact) mass is 366 g/mol. The quantitative estimate of drug-likeness (QED) is 0.639. The summed E-state index contributed by atoms with van der Waals surface area (Å²) in [4.78, 5) is 35.9. The lowest BCUT2D eigenvalue weighted by molar-refractivity contribution is -0.146. The van der Waals surface area contributed by atoms with Crippen molar-refractivity contribution in [3.63, 3.8) is 0 Å². The van der Waals surface area contributed by atoms with Gasteiger partial charge in [0.05, 0.1) is 0 Å². The fourth-order valence-corrected chi connectivity index (χ4v) is 2.16. The van der Waals surface area contributed by atoms with Crippen LogP contribution in [0.15, 0.2) is 30.3 Å². The number of hydrogen-bond acceptors (Lipinski definition) is 5. The minimum atomic E-state index is -2.02. The maximum absolute atomic E-state index is 12.1. The van der Waals surface area contributed by atoms with E-state index < -0.39 is 29.4 Å².